The fourth-order valence-electron chi connectivity index (χ4n) is 10.1. The van der Waals surface area contributed by atoms with Crippen LogP contribution in [0.15, 0.2) is 158 Å². The first kappa shape index (κ1) is 37.6. The summed E-state index contributed by atoms with van der Waals surface area (Å²) in [5, 5.41) is 12.8. The summed E-state index contributed by atoms with van der Waals surface area (Å²) in [7, 11) is 0. The molecule has 0 spiro atoms. The van der Waals surface area contributed by atoms with Crippen molar-refractivity contribution in [3.63, 3.8) is 0 Å². The Morgan fingerprint density at radius 1 is 0.317 bits per heavy atom. The molecule has 0 bridgehead atoms. The maximum atomic E-state index is 2.54. The van der Waals surface area contributed by atoms with Crippen LogP contribution >= 0.6 is 0 Å². The molecule has 2 nitrogen and oxygen atoms in total. The molecule has 10 aromatic rings. The smallest absolute Gasteiger partial charge is 0.0543 e. The van der Waals surface area contributed by atoms with E-state index in [1.165, 1.54) is 121 Å². The predicted octanol–water partition coefficient (Wildman–Crippen LogP) is 17.3. The summed E-state index contributed by atoms with van der Waals surface area (Å²) < 4.78 is 0. The third-order valence-corrected chi connectivity index (χ3v) is 12.6. The summed E-state index contributed by atoms with van der Waals surface area (Å²) in [4.78, 5) is 5.09. The van der Waals surface area contributed by atoms with Crippen molar-refractivity contribution < 1.29 is 0 Å². The highest BCUT2D eigenvalue weighted by Crippen LogP contribution is 2.52. The van der Waals surface area contributed by atoms with E-state index in [0.29, 0.717) is 11.8 Å². The standard InChI is InChI=1S/C58H52N2/c1-35(2)51-33-55(59(43-29-37(5)27-38(6)30-43)53-21-13-17-41-15-9-11-19-45(41)53)49-26-24-48-52(36(3)4)34-56(50-25-23-47(51)57(49)58(48)50)60(44-31-39(7)28-40(8)32-44)54-22-14-18-42-16-10-12-20-46(42)54/h9-36H,1-8H3. The number of aryl methyl sites for hydroxylation is 4. The largest absolute Gasteiger partial charge is 0.309 e. The highest BCUT2D eigenvalue weighted by molar-refractivity contribution is 6.30. The lowest BCUT2D eigenvalue weighted by Crippen LogP contribution is -2.14. The number of benzene rings is 10. The molecule has 0 aromatic heterocycles. The van der Waals surface area contributed by atoms with Gasteiger partial charge in [0.2, 0.25) is 0 Å². The van der Waals surface area contributed by atoms with Gasteiger partial charge in [-0.15, -0.1) is 0 Å². The monoisotopic (exact) mass is 776 g/mol. The molecule has 0 N–H and O–H groups in total. The van der Waals surface area contributed by atoms with Crippen molar-refractivity contribution in [3.05, 3.63) is 191 Å². The number of hydrogen-bond acceptors (Lipinski definition) is 2. The van der Waals surface area contributed by atoms with Crippen LogP contribution < -0.4 is 9.80 Å². The van der Waals surface area contributed by atoms with E-state index in [9.17, 15) is 0 Å². The average molecular weight is 777 g/mol. The second-order valence-electron chi connectivity index (χ2n) is 17.7. The third kappa shape index (κ3) is 6.16. The lowest BCUT2D eigenvalue weighted by molar-refractivity contribution is 0.875. The van der Waals surface area contributed by atoms with Gasteiger partial charge in [0.05, 0.1) is 22.7 Å². The minimum absolute atomic E-state index is 0.299. The summed E-state index contributed by atoms with van der Waals surface area (Å²) in [6, 6.07) is 59.7. The van der Waals surface area contributed by atoms with Crippen molar-refractivity contribution in [2.24, 2.45) is 0 Å². The van der Waals surface area contributed by atoms with Crippen molar-refractivity contribution in [2.75, 3.05) is 9.80 Å². The van der Waals surface area contributed by atoms with Crippen LogP contribution in [0.2, 0.25) is 0 Å². The van der Waals surface area contributed by atoms with Crippen LogP contribution in [0.3, 0.4) is 0 Å². The van der Waals surface area contributed by atoms with E-state index in [2.05, 4.69) is 223 Å². The molecule has 0 heterocycles. The zero-order chi connectivity index (χ0) is 41.4. The van der Waals surface area contributed by atoms with Gasteiger partial charge in [-0.3, -0.25) is 0 Å². The molecule has 294 valence electrons. The molecule has 0 saturated heterocycles. The average Bonchev–Trinajstić information content (AvgIpc) is 3.23. The molecule has 10 aromatic carbocycles. The first-order valence-electron chi connectivity index (χ1n) is 21.6. The highest BCUT2D eigenvalue weighted by atomic mass is 15.2. The van der Waals surface area contributed by atoms with Crippen LogP contribution in [0.4, 0.5) is 34.1 Å². The fraction of sp³-hybridized carbons (Fsp3) is 0.172. The van der Waals surface area contributed by atoms with Crippen LogP contribution in [0.25, 0.3) is 53.9 Å². The summed E-state index contributed by atoms with van der Waals surface area (Å²) in [6.07, 6.45) is 0. The van der Waals surface area contributed by atoms with Gasteiger partial charge < -0.3 is 9.80 Å². The Balaban J connectivity index is 1.37. The first-order chi connectivity index (χ1) is 29.0. The Hall–Kier alpha value is -6.64. The molecule has 0 aliphatic carbocycles. The SMILES string of the molecule is Cc1cc(C)cc(N(c2cccc3ccccc23)c2cc(C(C)C)c3ccc4c(N(c5cc(C)cc(C)c5)c5cccc6ccccc56)cc(C(C)C)c5ccc2c3c54)c1. The van der Waals surface area contributed by atoms with E-state index < -0.39 is 0 Å². The van der Waals surface area contributed by atoms with E-state index in [4.69, 9.17) is 0 Å². The number of anilines is 6. The van der Waals surface area contributed by atoms with Crippen LogP contribution in [0, 0.1) is 27.7 Å². The van der Waals surface area contributed by atoms with Gasteiger partial charge in [-0.05, 0) is 154 Å². The first-order valence-corrected chi connectivity index (χ1v) is 21.6. The Morgan fingerprint density at radius 3 is 1.05 bits per heavy atom. The molecule has 60 heavy (non-hydrogen) atoms. The van der Waals surface area contributed by atoms with Gasteiger partial charge in [-0.2, -0.15) is 0 Å². The van der Waals surface area contributed by atoms with Gasteiger partial charge >= 0.3 is 0 Å². The van der Waals surface area contributed by atoms with Crippen molar-refractivity contribution >= 4 is 88.0 Å². The molecule has 10 rings (SSSR count). The summed E-state index contributed by atoms with van der Waals surface area (Å²) in [5.41, 5.74) is 14.9. The molecule has 0 atom stereocenters. The minimum atomic E-state index is 0.299. The minimum Gasteiger partial charge on any atom is -0.309 e. The molecule has 0 saturated carbocycles. The van der Waals surface area contributed by atoms with Crippen LogP contribution in [-0.4, -0.2) is 0 Å². The maximum Gasteiger partial charge on any atom is 0.0543 e. The maximum absolute atomic E-state index is 2.54. The fourth-order valence-corrected chi connectivity index (χ4v) is 10.1. The number of hydrogen-bond donors (Lipinski definition) is 0. The van der Waals surface area contributed by atoms with E-state index in [1.54, 1.807) is 0 Å². The Labute approximate surface area is 354 Å². The van der Waals surface area contributed by atoms with E-state index in [0.717, 1.165) is 0 Å². The van der Waals surface area contributed by atoms with Crippen molar-refractivity contribution in [3.8, 4) is 0 Å². The van der Waals surface area contributed by atoms with Crippen molar-refractivity contribution in [2.45, 2.75) is 67.2 Å². The second-order valence-corrected chi connectivity index (χ2v) is 17.7. The molecule has 2 heteroatoms. The van der Waals surface area contributed by atoms with Crippen LogP contribution in [-0.2, 0) is 0 Å². The Morgan fingerprint density at radius 2 is 0.667 bits per heavy atom. The molecule has 0 amide bonds. The van der Waals surface area contributed by atoms with E-state index >= 15 is 0 Å². The predicted molar refractivity (Wildman–Crippen MR) is 262 cm³/mol. The zero-order valence-electron chi connectivity index (χ0n) is 36.1. The molecular weight excluding hydrogens is 725 g/mol. The van der Waals surface area contributed by atoms with Crippen LogP contribution in [0.5, 0.6) is 0 Å². The number of rotatable bonds is 8. The molecule has 0 unspecified atom stereocenters. The molecular formula is C58H52N2. The summed E-state index contributed by atoms with van der Waals surface area (Å²) in [5.74, 6) is 0.599. The Kier molecular flexibility index (Phi) is 9.14. The molecule has 0 aliphatic heterocycles. The van der Waals surface area contributed by atoms with Crippen molar-refractivity contribution in [1.29, 1.82) is 0 Å². The van der Waals surface area contributed by atoms with Gasteiger partial charge in [0.15, 0.2) is 0 Å². The normalized spacial score (nSPS) is 12.0. The van der Waals surface area contributed by atoms with Crippen LogP contribution in [0.1, 0.15) is 72.9 Å². The topological polar surface area (TPSA) is 6.48 Å². The molecule has 0 aliphatic rings. The zero-order valence-corrected chi connectivity index (χ0v) is 36.1. The highest BCUT2D eigenvalue weighted by Gasteiger charge is 2.27. The van der Waals surface area contributed by atoms with Gasteiger partial charge in [0.25, 0.3) is 0 Å². The third-order valence-electron chi connectivity index (χ3n) is 12.6. The summed E-state index contributed by atoms with van der Waals surface area (Å²) >= 11 is 0. The van der Waals surface area contributed by atoms with Gasteiger partial charge in [0.1, 0.15) is 0 Å². The van der Waals surface area contributed by atoms with E-state index in [1.807, 2.05) is 0 Å². The lowest BCUT2D eigenvalue weighted by atomic mass is 9.84. The van der Waals surface area contributed by atoms with Crippen molar-refractivity contribution in [1.82, 2.24) is 0 Å². The summed E-state index contributed by atoms with van der Waals surface area (Å²) in [6.45, 7) is 18.3. The number of fused-ring (bicyclic) bond motifs is 2. The van der Waals surface area contributed by atoms with Gasteiger partial charge in [-0.25, -0.2) is 0 Å². The lowest BCUT2D eigenvalue weighted by Gasteiger charge is -2.32. The second kappa shape index (κ2) is 14.6. The molecule has 0 fully saturated rings. The van der Waals surface area contributed by atoms with E-state index in [-0.39, 0.29) is 0 Å². The van der Waals surface area contributed by atoms with Gasteiger partial charge in [0, 0.05) is 32.9 Å². The molecule has 0 radical (unpaired) electrons. The Bertz CT molecular complexity index is 3010. The number of nitrogens with zero attached hydrogens (tertiary/aromatic N) is 2. The van der Waals surface area contributed by atoms with Gasteiger partial charge in [-0.1, -0.05) is 137 Å². The quantitative estimate of drug-likeness (QED) is 0.142.